The third-order valence-corrected chi connectivity index (χ3v) is 4.87. The molecule has 1 aromatic heterocycles. The maximum absolute atomic E-state index is 5.98. The van der Waals surface area contributed by atoms with Crippen molar-refractivity contribution in [2.45, 2.75) is 12.6 Å². The molecule has 1 aliphatic heterocycles. The third kappa shape index (κ3) is 3.49. The van der Waals surface area contributed by atoms with E-state index in [1.54, 1.807) is 7.11 Å². The van der Waals surface area contributed by atoms with Gasteiger partial charge >= 0.3 is 0 Å². The van der Waals surface area contributed by atoms with E-state index in [4.69, 9.17) is 21.1 Å². The van der Waals surface area contributed by atoms with E-state index in [9.17, 15) is 0 Å². The standard InChI is InChI=1S/C19H20ClN3O2/c1-24-15-6-7-17-16(10-15)18(22-21-17)11-23-8-9-25-19(12-23)13-2-4-14(20)5-3-13/h2-7,10,19H,8-9,11-12H2,1H3,(H,21,22)/t19-/m1/s1. The first-order chi connectivity index (χ1) is 12.2. The molecule has 0 saturated carbocycles. The van der Waals surface area contributed by atoms with Gasteiger partial charge < -0.3 is 9.47 Å². The lowest BCUT2D eigenvalue weighted by Crippen LogP contribution is -2.37. The highest BCUT2D eigenvalue weighted by Gasteiger charge is 2.23. The minimum atomic E-state index is 0.0646. The highest BCUT2D eigenvalue weighted by atomic mass is 35.5. The Morgan fingerprint density at radius 3 is 2.92 bits per heavy atom. The molecule has 0 amide bonds. The zero-order valence-electron chi connectivity index (χ0n) is 14.0. The predicted octanol–water partition coefficient (Wildman–Crippen LogP) is 3.80. The molecule has 25 heavy (non-hydrogen) atoms. The van der Waals surface area contributed by atoms with Gasteiger partial charge in [0.15, 0.2) is 0 Å². The molecule has 4 rings (SSSR count). The van der Waals surface area contributed by atoms with Crippen molar-refractivity contribution >= 4 is 22.5 Å². The van der Waals surface area contributed by atoms with Crippen LogP contribution < -0.4 is 4.74 Å². The summed E-state index contributed by atoms with van der Waals surface area (Å²) in [6, 6.07) is 13.8. The summed E-state index contributed by atoms with van der Waals surface area (Å²) < 4.78 is 11.3. The number of halogens is 1. The van der Waals surface area contributed by atoms with Crippen LogP contribution in [-0.4, -0.2) is 41.9 Å². The lowest BCUT2D eigenvalue weighted by atomic mass is 10.1. The molecule has 0 radical (unpaired) electrons. The van der Waals surface area contributed by atoms with E-state index in [2.05, 4.69) is 15.1 Å². The molecule has 1 N–H and O–H groups in total. The number of aromatic amines is 1. The van der Waals surface area contributed by atoms with E-state index < -0.39 is 0 Å². The maximum Gasteiger partial charge on any atom is 0.119 e. The Morgan fingerprint density at radius 2 is 2.12 bits per heavy atom. The molecule has 1 fully saturated rings. The minimum absolute atomic E-state index is 0.0646. The average Bonchev–Trinajstić information content (AvgIpc) is 3.04. The fourth-order valence-electron chi connectivity index (χ4n) is 3.24. The molecule has 1 aliphatic rings. The second-order valence-electron chi connectivity index (χ2n) is 6.23. The van der Waals surface area contributed by atoms with Gasteiger partial charge in [-0.25, -0.2) is 0 Å². The number of H-pyrrole nitrogens is 1. The summed E-state index contributed by atoms with van der Waals surface area (Å²) in [7, 11) is 1.68. The molecule has 5 nitrogen and oxygen atoms in total. The Kier molecular flexibility index (Phi) is 4.61. The Hall–Kier alpha value is -2.08. The van der Waals surface area contributed by atoms with Crippen molar-refractivity contribution in [1.29, 1.82) is 0 Å². The Balaban J connectivity index is 1.51. The number of aromatic nitrogens is 2. The summed E-state index contributed by atoms with van der Waals surface area (Å²) in [4.78, 5) is 2.38. The first-order valence-corrected chi connectivity index (χ1v) is 8.71. The van der Waals surface area contributed by atoms with Crippen LogP contribution in [0.4, 0.5) is 0 Å². The van der Waals surface area contributed by atoms with Gasteiger partial charge in [0.25, 0.3) is 0 Å². The molecule has 1 saturated heterocycles. The summed E-state index contributed by atoms with van der Waals surface area (Å²) in [6.45, 7) is 3.25. The van der Waals surface area contributed by atoms with Crippen molar-refractivity contribution in [2.75, 3.05) is 26.8 Å². The first kappa shape index (κ1) is 16.4. The van der Waals surface area contributed by atoms with Gasteiger partial charge in [-0.3, -0.25) is 10.00 Å². The van der Waals surface area contributed by atoms with E-state index in [1.807, 2.05) is 42.5 Å². The van der Waals surface area contributed by atoms with E-state index >= 15 is 0 Å². The van der Waals surface area contributed by atoms with E-state index in [0.29, 0.717) is 6.61 Å². The van der Waals surface area contributed by atoms with Gasteiger partial charge in [-0.1, -0.05) is 23.7 Å². The number of nitrogens with one attached hydrogen (secondary N) is 1. The highest BCUT2D eigenvalue weighted by molar-refractivity contribution is 6.30. The molecule has 130 valence electrons. The zero-order valence-corrected chi connectivity index (χ0v) is 14.8. The Bertz CT molecular complexity index is 863. The van der Waals surface area contributed by atoms with Gasteiger partial charge in [-0.05, 0) is 35.9 Å². The van der Waals surface area contributed by atoms with Crippen LogP contribution in [0, 0.1) is 0 Å². The number of rotatable bonds is 4. The molecule has 6 heteroatoms. The van der Waals surface area contributed by atoms with Crippen molar-refractivity contribution in [3.8, 4) is 5.75 Å². The molecule has 1 atom stereocenters. The molecule has 0 unspecified atom stereocenters. The van der Waals surface area contributed by atoms with E-state index in [-0.39, 0.29) is 6.10 Å². The zero-order chi connectivity index (χ0) is 17.2. The molecule has 0 spiro atoms. The van der Waals surface area contributed by atoms with Crippen LogP contribution in [-0.2, 0) is 11.3 Å². The van der Waals surface area contributed by atoms with Crippen LogP contribution in [0.3, 0.4) is 0 Å². The van der Waals surface area contributed by atoms with Gasteiger partial charge in [0, 0.05) is 30.0 Å². The number of hydrogen-bond donors (Lipinski definition) is 1. The topological polar surface area (TPSA) is 50.4 Å². The lowest BCUT2D eigenvalue weighted by molar-refractivity contribution is -0.0331. The number of benzene rings is 2. The number of methoxy groups -OCH3 is 1. The average molecular weight is 358 g/mol. The summed E-state index contributed by atoms with van der Waals surface area (Å²) in [5.74, 6) is 0.844. The summed E-state index contributed by atoms with van der Waals surface area (Å²) in [5, 5.41) is 9.41. The third-order valence-electron chi connectivity index (χ3n) is 4.61. The van der Waals surface area contributed by atoms with Gasteiger partial charge in [-0.15, -0.1) is 0 Å². The van der Waals surface area contributed by atoms with Crippen molar-refractivity contribution in [2.24, 2.45) is 0 Å². The van der Waals surface area contributed by atoms with Crippen LogP contribution in [0.25, 0.3) is 10.9 Å². The predicted molar refractivity (Wildman–Crippen MR) is 98.1 cm³/mol. The van der Waals surface area contributed by atoms with Crippen molar-refractivity contribution in [3.05, 3.63) is 58.7 Å². The van der Waals surface area contributed by atoms with E-state index in [0.717, 1.165) is 52.6 Å². The SMILES string of the molecule is COc1ccc2n[nH]c(CN3CCO[C@@H](c4ccc(Cl)cc4)C3)c2c1. The molecule has 0 bridgehead atoms. The smallest absolute Gasteiger partial charge is 0.119 e. The van der Waals surface area contributed by atoms with Crippen molar-refractivity contribution < 1.29 is 9.47 Å². The monoisotopic (exact) mass is 357 g/mol. The van der Waals surface area contributed by atoms with Crippen LogP contribution in [0.15, 0.2) is 42.5 Å². The molecular weight excluding hydrogens is 338 g/mol. The van der Waals surface area contributed by atoms with Crippen molar-refractivity contribution in [1.82, 2.24) is 15.1 Å². The minimum Gasteiger partial charge on any atom is -0.497 e. The van der Waals surface area contributed by atoms with Gasteiger partial charge in [0.2, 0.25) is 0 Å². The van der Waals surface area contributed by atoms with Crippen LogP contribution in [0.2, 0.25) is 5.02 Å². The largest absolute Gasteiger partial charge is 0.497 e. The first-order valence-electron chi connectivity index (χ1n) is 8.33. The number of hydrogen-bond acceptors (Lipinski definition) is 4. The molecule has 2 aromatic carbocycles. The van der Waals surface area contributed by atoms with Crippen LogP contribution >= 0.6 is 11.6 Å². The lowest BCUT2D eigenvalue weighted by Gasteiger charge is -2.32. The molecule has 2 heterocycles. The Labute approximate surface area is 151 Å². The van der Waals surface area contributed by atoms with Gasteiger partial charge in [-0.2, -0.15) is 5.10 Å². The molecule has 3 aromatic rings. The Morgan fingerprint density at radius 1 is 1.28 bits per heavy atom. The van der Waals surface area contributed by atoms with Gasteiger partial charge in [0.1, 0.15) is 5.75 Å². The number of morpholine rings is 1. The summed E-state index contributed by atoms with van der Waals surface area (Å²) >= 11 is 5.98. The molecule has 0 aliphatic carbocycles. The van der Waals surface area contributed by atoms with Crippen LogP contribution in [0.1, 0.15) is 17.4 Å². The second-order valence-corrected chi connectivity index (χ2v) is 6.67. The summed E-state index contributed by atoms with van der Waals surface area (Å²) in [6.07, 6.45) is 0.0646. The second kappa shape index (κ2) is 7.04. The maximum atomic E-state index is 5.98. The van der Waals surface area contributed by atoms with Gasteiger partial charge in [0.05, 0.1) is 31.0 Å². The number of fused-ring (bicyclic) bond motifs is 1. The highest BCUT2D eigenvalue weighted by Crippen LogP contribution is 2.27. The quantitative estimate of drug-likeness (QED) is 0.771. The summed E-state index contributed by atoms with van der Waals surface area (Å²) in [5.41, 5.74) is 3.22. The van der Waals surface area contributed by atoms with Crippen LogP contribution in [0.5, 0.6) is 5.75 Å². The fourth-order valence-corrected chi connectivity index (χ4v) is 3.36. The normalized spacial score (nSPS) is 18.6. The van der Waals surface area contributed by atoms with E-state index in [1.165, 1.54) is 0 Å². The number of ether oxygens (including phenoxy) is 2. The number of nitrogens with zero attached hydrogens (tertiary/aromatic N) is 2. The fraction of sp³-hybridized carbons (Fsp3) is 0.316. The molecular formula is C19H20ClN3O2. The van der Waals surface area contributed by atoms with Crippen molar-refractivity contribution in [3.63, 3.8) is 0 Å².